The number of hydrogen-bond donors (Lipinski definition) is 1. The highest BCUT2D eigenvalue weighted by Crippen LogP contribution is 2.41. The van der Waals surface area contributed by atoms with Crippen molar-refractivity contribution in [2.75, 3.05) is 18.2 Å². The fourth-order valence-electron chi connectivity index (χ4n) is 3.59. The van der Waals surface area contributed by atoms with Gasteiger partial charge in [-0.05, 0) is 42.2 Å². The lowest BCUT2D eigenvalue weighted by Crippen LogP contribution is -2.49. The van der Waals surface area contributed by atoms with Crippen LogP contribution >= 0.6 is 11.8 Å². The number of nitrogens with one attached hydrogen (secondary N) is 1. The molecule has 6 nitrogen and oxygen atoms in total. The fourth-order valence-corrected chi connectivity index (χ4v) is 4.58. The van der Waals surface area contributed by atoms with Gasteiger partial charge in [0.2, 0.25) is 11.8 Å². The number of fused-ring (bicyclic) bond motifs is 2. The van der Waals surface area contributed by atoms with Gasteiger partial charge in [0.1, 0.15) is 5.70 Å². The second kappa shape index (κ2) is 6.22. The number of methoxy groups -OCH3 is 1. The van der Waals surface area contributed by atoms with Crippen LogP contribution < -0.4 is 5.32 Å². The second-order valence-electron chi connectivity index (χ2n) is 6.43. The molecule has 1 aromatic rings. The summed E-state index contributed by atoms with van der Waals surface area (Å²) in [5.74, 6) is 0.269. The van der Waals surface area contributed by atoms with Crippen LogP contribution in [0.15, 0.2) is 34.4 Å². The Morgan fingerprint density at radius 1 is 1.32 bits per heavy atom. The summed E-state index contributed by atoms with van der Waals surface area (Å²) in [6.45, 7) is 0. The summed E-state index contributed by atoms with van der Waals surface area (Å²) in [4.78, 5) is 38.0. The minimum atomic E-state index is -0.431. The highest BCUT2D eigenvalue weighted by Gasteiger charge is 2.47. The summed E-state index contributed by atoms with van der Waals surface area (Å²) >= 11 is 1.64. The van der Waals surface area contributed by atoms with Gasteiger partial charge in [0.05, 0.1) is 7.11 Å². The van der Waals surface area contributed by atoms with Crippen LogP contribution in [-0.2, 0) is 25.5 Å². The number of thioether (sulfide) groups is 1. The van der Waals surface area contributed by atoms with Crippen molar-refractivity contribution in [1.29, 1.82) is 0 Å². The van der Waals surface area contributed by atoms with Crippen LogP contribution in [0.2, 0.25) is 0 Å². The highest BCUT2D eigenvalue weighted by molar-refractivity contribution is 7.99. The summed E-state index contributed by atoms with van der Waals surface area (Å²) in [5.41, 5.74) is 3.42. The molecular weight excluding hydrogens is 340 g/mol. The van der Waals surface area contributed by atoms with E-state index < -0.39 is 5.97 Å². The van der Waals surface area contributed by atoms with E-state index in [0.717, 1.165) is 34.6 Å². The normalized spacial score (nSPS) is 21.5. The molecule has 0 bridgehead atoms. The predicted octanol–water partition coefficient (Wildman–Crippen LogP) is 2.10. The first-order valence-corrected chi connectivity index (χ1v) is 9.23. The zero-order valence-corrected chi connectivity index (χ0v) is 14.6. The molecule has 25 heavy (non-hydrogen) atoms. The average Bonchev–Trinajstić information content (AvgIpc) is 2.91. The van der Waals surface area contributed by atoms with Crippen molar-refractivity contribution in [1.82, 2.24) is 4.90 Å². The smallest absolute Gasteiger partial charge is 0.354 e. The van der Waals surface area contributed by atoms with Gasteiger partial charge < -0.3 is 15.0 Å². The van der Waals surface area contributed by atoms with Crippen molar-refractivity contribution in [3.8, 4) is 0 Å². The van der Waals surface area contributed by atoms with Gasteiger partial charge in [-0.2, -0.15) is 0 Å². The van der Waals surface area contributed by atoms with Crippen LogP contribution in [0, 0.1) is 0 Å². The number of ether oxygens (including phenoxy) is 1. The van der Waals surface area contributed by atoms with Crippen LogP contribution in [0.25, 0.3) is 0 Å². The number of rotatable bonds is 4. The van der Waals surface area contributed by atoms with Gasteiger partial charge in [0.25, 0.3) is 0 Å². The lowest BCUT2D eigenvalue weighted by Gasteiger charge is -2.35. The monoisotopic (exact) mass is 358 g/mol. The molecule has 1 saturated heterocycles. The van der Waals surface area contributed by atoms with E-state index in [0.29, 0.717) is 24.3 Å². The SMILES string of the molecule is COC(=O)C1=C(CSc2ccc3c(c2)CCC(=O)N3)C[C@@H]2CC(=O)N12. The quantitative estimate of drug-likeness (QED) is 0.507. The Morgan fingerprint density at radius 2 is 2.16 bits per heavy atom. The molecule has 2 amide bonds. The van der Waals surface area contributed by atoms with Crippen molar-refractivity contribution in [3.63, 3.8) is 0 Å². The maximum atomic E-state index is 12.1. The van der Waals surface area contributed by atoms with Crippen molar-refractivity contribution in [2.24, 2.45) is 0 Å². The number of amides is 2. The highest BCUT2D eigenvalue weighted by atomic mass is 32.2. The Balaban J connectivity index is 1.51. The largest absolute Gasteiger partial charge is 0.464 e. The van der Waals surface area contributed by atoms with E-state index in [1.165, 1.54) is 7.11 Å². The topological polar surface area (TPSA) is 75.7 Å². The first-order valence-electron chi connectivity index (χ1n) is 8.25. The molecule has 0 aliphatic carbocycles. The van der Waals surface area contributed by atoms with Crippen molar-refractivity contribution < 1.29 is 19.1 Å². The number of β-lactam (4-membered cyclic amide) rings is 1. The minimum Gasteiger partial charge on any atom is -0.464 e. The lowest BCUT2D eigenvalue weighted by atomic mass is 10.0. The van der Waals surface area contributed by atoms with Gasteiger partial charge in [0.15, 0.2) is 0 Å². The Bertz CT molecular complexity index is 817. The molecule has 1 fully saturated rings. The van der Waals surface area contributed by atoms with Crippen molar-refractivity contribution in [3.05, 3.63) is 35.0 Å². The number of esters is 1. The summed E-state index contributed by atoms with van der Waals surface area (Å²) < 4.78 is 4.86. The molecule has 0 aromatic heterocycles. The molecule has 0 saturated carbocycles. The molecule has 1 N–H and O–H groups in total. The van der Waals surface area contributed by atoms with Crippen LogP contribution in [-0.4, -0.2) is 41.6 Å². The van der Waals surface area contributed by atoms with Crippen molar-refractivity contribution in [2.45, 2.75) is 36.6 Å². The maximum Gasteiger partial charge on any atom is 0.354 e. The number of anilines is 1. The van der Waals surface area contributed by atoms with E-state index in [1.54, 1.807) is 16.7 Å². The van der Waals surface area contributed by atoms with Crippen LogP contribution in [0.1, 0.15) is 24.8 Å². The van der Waals surface area contributed by atoms with Crippen LogP contribution in [0.4, 0.5) is 5.69 Å². The first-order chi connectivity index (χ1) is 12.1. The zero-order chi connectivity index (χ0) is 17.6. The molecule has 3 aliphatic heterocycles. The molecule has 3 aliphatic rings. The molecular formula is C18H18N2O4S. The third kappa shape index (κ3) is 2.82. The summed E-state index contributed by atoms with van der Waals surface area (Å²) in [6.07, 6.45) is 2.50. The van der Waals surface area contributed by atoms with E-state index in [2.05, 4.69) is 11.4 Å². The third-order valence-corrected chi connectivity index (χ3v) is 5.95. The molecule has 0 spiro atoms. The Hall–Kier alpha value is -2.28. The molecule has 3 heterocycles. The van der Waals surface area contributed by atoms with Gasteiger partial charge in [-0.1, -0.05) is 0 Å². The first kappa shape index (κ1) is 16.2. The number of hydrogen-bond acceptors (Lipinski definition) is 5. The molecule has 0 radical (unpaired) electrons. The van der Waals surface area contributed by atoms with Gasteiger partial charge >= 0.3 is 5.97 Å². The average molecular weight is 358 g/mol. The van der Waals surface area contributed by atoms with E-state index in [1.807, 2.05) is 12.1 Å². The van der Waals surface area contributed by atoms with Crippen molar-refractivity contribution >= 4 is 35.2 Å². The van der Waals surface area contributed by atoms with E-state index >= 15 is 0 Å². The zero-order valence-electron chi connectivity index (χ0n) is 13.8. The fraction of sp³-hybridized carbons (Fsp3) is 0.389. The summed E-state index contributed by atoms with van der Waals surface area (Å²) in [6, 6.07) is 6.11. The van der Waals surface area contributed by atoms with Crippen LogP contribution in [0.3, 0.4) is 0 Å². The summed E-state index contributed by atoms with van der Waals surface area (Å²) in [7, 11) is 1.34. The Labute approximate surface area is 149 Å². The number of carbonyl (C=O) groups excluding carboxylic acids is 3. The molecule has 4 rings (SSSR count). The molecule has 1 atom stereocenters. The maximum absolute atomic E-state index is 12.1. The van der Waals surface area contributed by atoms with Gasteiger partial charge in [-0.25, -0.2) is 4.79 Å². The molecule has 130 valence electrons. The lowest BCUT2D eigenvalue weighted by molar-refractivity contribution is -0.148. The van der Waals surface area contributed by atoms with E-state index in [9.17, 15) is 14.4 Å². The van der Waals surface area contributed by atoms with Gasteiger partial charge in [-0.3, -0.25) is 9.59 Å². The van der Waals surface area contributed by atoms with Crippen LogP contribution in [0.5, 0.6) is 0 Å². The van der Waals surface area contributed by atoms with E-state index in [-0.39, 0.29) is 17.9 Å². The standard InChI is InChI=1S/C18H18N2O4S/c1-24-18(23)17-11(6-12-8-16(22)20(12)17)9-25-13-3-4-14-10(7-13)2-5-15(21)19-14/h3-4,7,12H,2,5-6,8-9H2,1H3,(H,19,21)/t12-/m1/s1. The number of carbonyl (C=O) groups is 3. The Kier molecular flexibility index (Phi) is 4.03. The van der Waals surface area contributed by atoms with Gasteiger partial charge in [-0.15, -0.1) is 11.8 Å². The number of benzene rings is 1. The van der Waals surface area contributed by atoms with E-state index in [4.69, 9.17) is 4.74 Å². The van der Waals surface area contributed by atoms with Gasteiger partial charge in [0, 0.05) is 35.2 Å². The summed E-state index contributed by atoms with van der Waals surface area (Å²) in [5, 5.41) is 2.88. The molecule has 0 unspecified atom stereocenters. The number of nitrogens with zero attached hydrogens (tertiary/aromatic N) is 1. The number of aryl methyl sites for hydroxylation is 1. The second-order valence-corrected chi connectivity index (χ2v) is 7.47. The predicted molar refractivity (Wildman–Crippen MR) is 93.0 cm³/mol. The Morgan fingerprint density at radius 3 is 2.92 bits per heavy atom. The molecule has 7 heteroatoms. The third-order valence-electron chi connectivity index (χ3n) is 4.87. The minimum absolute atomic E-state index is 0.00470. The molecule has 1 aromatic carbocycles.